The quantitative estimate of drug-likeness (QED) is 0.740. The van der Waals surface area contributed by atoms with E-state index in [1.54, 1.807) is 32.7 Å². The van der Waals surface area contributed by atoms with Crippen molar-refractivity contribution in [3.05, 3.63) is 23.4 Å². The van der Waals surface area contributed by atoms with Crippen LogP contribution in [0.4, 0.5) is 0 Å². The van der Waals surface area contributed by atoms with Gasteiger partial charge in [0.2, 0.25) is 16.5 Å². The zero-order valence-corrected chi connectivity index (χ0v) is 11.0. The summed E-state index contributed by atoms with van der Waals surface area (Å²) >= 11 is 5.23. The highest BCUT2D eigenvalue weighted by Gasteiger charge is 2.17. The van der Waals surface area contributed by atoms with Gasteiger partial charge in [0.05, 0.1) is 6.20 Å². The summed E-state index contributed by atoms with van der Waals surface area (Å²) in [5.74, 6) is 0.331. The van der Waals surface area contributed by atoms with E-state index < -0.39 is 0 Å². The van der Waals surface area contributed by atoms with Gasteiger partial charge in [0, 0.05) is 33.4 Å². The van der Waals surface area contributed by atoms with Crippen molar-refractivity contribution in [2.75, 3.05) is 12.1 Å². The van der Waals surface area contributed by atoms with E-state index in [0.29, 0.717) is 16.3 Å². The molecule has 18 heavy (non-hydrogen) atoms. The third-order valence-electron chi connectivity index (χ3n) is 2.45. The SMILES string of the molecule is CC(=O)N(C)n1c(-c2cnccn2)nn(C)c1=S. The van der Waals surface area contributed by atoms with Gasteiger partial charge in [-0.05, 0) is 12.2 Å². The van der Waals surface area contributed by atoms with E-state index in [1.165, 1.54) is 21.3 Å². The van der Waals surface area contributed by atoms with Crippen molar-refractivity contribution < 1.29 is 4.79 Å². The van der Waals surface area contributed by atoms with Crippen LogP contribution in [0, 0.1) is 4.77 Å². The van der Waals surface area contributed by atoms with Gasteiger partial charge in [-0.3, -0.25) is 9.78 Å². The van der Waals surface area contributed by atoms with Crippen molar-refractivity contribution in [3.8, 4) is 11.5 Å². The molecule has 1 amide bonds. The van der Waals surface area contributed by atoms with Crippen LogP contribution < -0.4 is 5.01 Å². The number of hydrogen-bond acceptors (Lipinski definition) is 5. The molecule has 0 N–H and O–H groups in total. The lowest BCUT2D eigenvalue weighted by Gasteiger charge is -2.17. The Morgan fingerprint density at radius 1 is 1.44 bits per heavy atom. The summed E-state index contributed by atoms with van der Waals surface area (Å²) in [7, 11) is 3.34. The normalized spacial score (nSPS) is 10.4. The first-order valence-electron chi connectivity index (χ1n) is 5.19. The molecule has 0 saturated heterocycles. The van der Waals surface area contributed by atoms with E-state index >= 15 is 0 Å². The van der Waals surface area contributed by atoms with Gasteiger partial charge in [-0.25, -0.2) is 19.4 Å². The molecule has 0 aliphatic rings. The highest BCUT2D eigenvalue weighted by atomic mass is 32.1. The van der Waals surface area contributed by atoms with Gasteiger partial charge in [0.25, 0.3) is 0 Å². The Labute approximate surface area is 109 Å². The summed E-state index contributed by atoms with van der Waals surface area (Å²) in [6.45, 7) is 1.45. The van der Waals surface area contributed by atoms with Crippen molar-refractivity contribution in [1.82, 2.24) is 24.4 Å². The average molecular weight is 264 g/mol. The maximum Gasteiger partial charge on any atom is 0.238 e. The van der Waals surface area contributed by atoms with E-state index in [0.717, 1.165) is 0 Å². The molecule has 0 saturated carbocycles. The highest BCUT2D eigenvalue weighted by Crippen LogP contribution is 2.14. The lowest BCUT2D eigenvalue weighted by atomic mass is 10.4. The largest absolute Gasteiger partial charge is 0.273 e. The van der Waals surface area contributed by atoms with Gasteiger partial charge in [-0.1, -0.05) is 0 Å². The van der Waals surface area contributed by atoms with Crippen molar-refractivity contribution >= 4 is 18.1 Å². The van der Waals surface area contributed by atoms with Crippen molar-refractivity contribution in [2.45, 2.75) is 6.92 Å². The summed E-state index contributed by atoms with van der Waals surface area (Å²) < 4.78 is 3.45. The number of aryl methyl sites for hydroxylation is 1. The Kier molecular flexibility index (Phi) is 3.19. The van der Waals surface area contributed by atoms with Crippen LogP contribution in [0.1, 0.15) is 6.92 Å². The molecule has 94 valence electrons. The molecule has 2 rings (SSSR count). The zero-order chi connectivity index (χ0) is 13.3. The van der Waals surface area contributed by atoms with E-state index in [2.05, 4.69) is 15.1 Å². The smallest absolute Gasteiger partial charge is 0.238 e. The van der Waals surface area contributed by atoms with Crippen LogP contribution in [0.25, 0.3) is 11.5 Å². The standard InChI is InChI=1S/C10H12N6OS/c1-7(17)15(3)16-9(13-14(2)10(16)18)8-6-11-4-5-12-8/h4-6H,1-3H3. The minimum absolute atomic E-state index is 0.149. The topological polar surface area (TPSA) is 68.8 Å². The van der Waals surface area contributed by atoms with Crippen molar-refractivity contribution in [1.29, 1.82) is 0 Å². The molecule has 0 bridgehead atoms. The first-order valence-corrected chi connectivity index (χ1v) is 5.60. The minimum atomic E-state index is -0.149. The minimum Gasteiger partial charge on any atom is -0.273 e. The summed E-state index contributed by atoms with van der Waals surface area (Å²) in [6.07, 6.45) is 4.70. The third kappa shape index (κ3) is 2.02. The molecule has 8 heteroatoms. The Hall–Kier alpha value is -2.09. The Morgan fingerprint density at radius 2 is 2.17 bits per heavy atom. The first-order chi connectivity index (χ1) is 8.52. The van der Waals surface area contributed by atoms with Crippen molar-refractivity contribution in [2.24, 2.45) is 7.05 Å². The van der Waals surface area contributed by atoms with Crippen LogP contribution in [0.5, 0.6) is 0 Å². The molecule has 0 spiro atoms. The van der Waals surface area contributed by atoms with E-state index in [1.807, 2.05) is 0 Å². The zero-order valence-electron chi connectivity index (χ0n) is 10.2. The number of rotatable bonds is 2. The molecule has 0 aliphatic carbocycles. The lowest BCUT2D eigenvalue weighted by Crippen LogP contribution is -2.35. The van der Waals surface area contributed by atoms with Crippen LogP contribution >= 0.6 is 12.2 Å². The van der Waals surface area contributed by atoms with E-state index in [4.69, 9.17) is 12.2 Å². The van der Waals surface area contributed by atoms with E-state index in [-0.39, 0.29) is 5.91 Å². The van der Waals surface area contributed by atoms with Gasteiger partial charge < -0.3 is 0 Å². The molecule has 7 nitrogen and oxygen atoms in total. The molecular formula is C10H12N6OS. The summed E-state index contributed by atoms with van der Waals surface area (Å²) in [6, 6.07) is 0. The fourth-order valence-corrected chi connectivity index (χ4v) is 1.69. The fraction of sp³-hybridized carbons (Fsp3) is 0.300. The summed E-state index contributed by atoms with van der Waals surface area (Å²) in [4.78, 5) is 19.6. The number of carbonyl (C=O) groups excluding carboxylic acids is 1. The number of amides is 1. The maximum atomic E-state index is 11.5. The highest BCUT2D eigenvalue weighted by molar-refractivity contribution is 7.71. The predicted octanol–water partition coefficient (Wildman–Crippen LogP) is 0.522. The molecule has 0 aromatic carbocycles. The fourth-order valence-electron chi connectivity index (χ4n) is 1.44. The Morgan fingerprint density at radius 3 is 2.72 bits per heavy atom. The number of nitrogens with zero attached hydrogens (tertiary/aromatic N) is 6. The van der Waals surface area contributed by atoms with Crippen LogP contribution in [0.3, 0.4) is 0 Å². The molecular weight excluding hydrogens is 252 g/mol. The second-order valence-corrected chi connectivity index (χ2v) is 4.04. The number of aromatic nitrogens is 5. The Bertz CT molecular complexity index is 632. The number of hydrogen-bond donors (Lipinski definition) is 0. The monoisotopic (exact) mass is 264 g/mol. The molecule has 2 aromatic rings. The van der Waals surface area contributed by atoms with Crippen LogP contribution in [0.15, 0.2) is 18.6 Å². The Balaban J connectivity index is 2.66. The van der Waals surface area contributed by atoms with Gasteiger partial charge in [0.15, 0.2) is 0 Å². The molecule has 0 fully saturated rings. The summed E-state index contributed by atoms with van der Waals surface area (Å²) in [5, 5.41) is 5.65. The molecule has 0 unspecified atom stereocenters. The second-order valence-electron chi connectivity index (χ2n) is 3.67. The van der Waals surface area contributed by atoms with Gasteiger partial charge >= 0.3 is 0 Å². The molecule has 2 aromatic heterocycles. The first kappa shape index (κ1) is 12.4. The lowest BCUT2D eigenvalue weighted by molar-refractivity contribution is -0.117. The van der Waals surface area contributed by atoms with Gasteiger partial charge in [-0.2, -0.15) is 0 Å². The maximum absolute atomic E-state index is 11.5. The van der Waals surface area contributed by atoms with E-state index in [9.17, 15) is 4.79 Å². The second kappa shape index (κ2) is 4.65. The van der Waals surface area contributed by atoms with Gasteiger partial charge in [0.1, 0.15) is 5.69 Å². The average Bonchev–Trinajstić information content (AvgIpc) is 2.66. The van der Waals surface area contributed by atoms with Gasteiger partial charge in [-0.15, -0.1) is 5.10 Å². The van der Waals surface area contributed by atoms with Crippen LogP contribution in [-0.4, -0.2) is 37.4 Å². The molecule has 0 atom stereocenters. The molecule has 0 radical (unpaired) electrons. The number of carbonyl (C=O) groups is 1. The predicted molar refractivity (Wildman–Crippen MR) is 67.9 cm³/mol. The van der Waals surface area contributed by atoms with Crippen molar-refractivity contribution in [3.63, 3.8) is 0 Å². The third-order valence-corrected chi connectivity index (χ3v) is 2.89. The molecule has 0 aliphatic heterocycles. The van der Waals surface area contributed by atoms with Crippen LogP contribution in [0.2, 0.25) is 0 Å². The molecule has 2 heterocycles. The van der Waals surface area contributed by atoms with Crippen LogP contribution in [-0.2, 0) is 11.8 Å². The summed E-state index contributed by atoms with van der Waals surface area (Å²) in [5.41, 5.74) is 0.553.